The Morgan fingerprint density at radius 3 is 2.30 bits per heavy atom. The molecular weight excluding hydrogens is 318 g/mol. The van der Waals surface area contributed by atoms with Gasteiger partial charge in [0.25, 0.3) is 0 Å². The van der Waals surface area contributed by atoms with Crippen LogP contribution in [0.5, 0.6) is 0 Å². The average Bonchev–Trinajstić information content (AvgIpc) is 2.23. The fourth-order valence-electron chi connectivity index (χ4n) is 0.268. The molecule has 1 N–H and O–H groups in total. The van der Waals surface area contributed by atoms with E-state index >= 15 is 0 Å². The molecule has 1 heterocycles. The predicted octanol–water partition coefficient (Wildman–Crippen LogP) is 1.12. The average molecular weight is 327 g/mol. The minimum absolute atomic E-state index is 0. The van der Waals surface area contributed by atoms with Crippen molar-refractivity contribution in [1.29, 1.82) is 0 Å². The Labute approximate surface area is 80.1 Å². The monoisotopic (exact) mass is 327 g/mol. The van der Waals surface area contributed by atoms with E-state index in [0.29, 0.717) is 4.77 Å². The van der Waals surface area contributed by atoms with E-state index < -0.39 is 0 Å². The largest absolute Gasteiger partial charge is 2.00 e. The second kappa shape index (κ2) is 7.16. The molecule has 0 spiro atoms. The van der Waals surface area contributed by atoms with Crippen LogP contribution in [0.15, 0.2) is 0 Å². The molecule has 1 rings (SSSR count). The minimum atomic E-state index is 0. The van der Waals surface area contributed by atoms with Crippen molar-refractivity contribution < 1.29 is 21.1 Å². The molecule has 0 aliphatic rings. The van der Waals surface area contributed by atoms with Gasteiger partial charge in [-0.1, -0.05) is 0 Å². The molecule has 0 aliphatic heterocycles. The maximum absolute atomic E-state index is 4.70. The molecule has 0 amide bonds. The topological polar surface area (TPSA) is 33.6 Å². The zero-order chi connectivity index (χ0) is 7.28. The molecule has 1 aromatic heterocycles. The van der Waals surface area contributed by atoms with Crippen LogP contribution in [0.25, 0.3) is 0 Å². The molecule has 0 fully saturated rings. The minimum Gasteiger partial charge on any atom is -0.473 e. The van der Waals surface area contributed by atoms with Crippen LogP contribution in [-0.2, 0) is 28.1 Å². The fourth-order valence-corrected chi connectivity index (χ4v) is 0.355. The van der Waals surface area contributed by atoms with E-state index in [2.05, 4.69) is 23.4 Å². The van der Waals surface area contributed by atoms with Gasteiger partial charge in [-0.15, -0.1) is 0 Å². The van der Waals surface area contributed by atoms with Gasteiger partial charge in [0.1, 0.15) is 0 Å². The van der Waals surface area contributed by atoms with Gasteiger partial charge < -0.3 is 16.6 Å². The number of aromatic amines is 1. The van der Waals surface area contributed by atoms with Crippen LogP contribution in [-0.4, -0.2) is 14.8 Å². The van der Waals surface area contributed by atoms with Gasteiger partial charge in [-0.2, -0.15) is 19.1 Å². The molecule has 0 saturated carbocycles. The third-order valence-corrected chi connectivity index (χ3v) is 1.02. The molecular formula is C5H9N3SW. The molecule has 0 saturated heterocycles. The first-order valence-electron chi connectivity index (χ1n) is 2.50. The van der Waals surface area contributed by atoms with Crippen LogP contribution in [0.1, 0.15) is 6.92 Å². The second-order valence-corrected chi connectivity index (χ2v) is 1.57. The Balaban J connectivity index is 0. The summed E-state index contributed by atoms with van der Waals surface area (Å²) in [6.45, 7) is 5.00. The Kier molecular flexibility index (Phi) is 9.09. The van der Waals surface area contributed by atoms with Crippen LogP contribution in [0.4, 0.5) is 0 Å². The van der Waals surface area contributed by atoms with Gasteiger partial charge in [0.15, 0.2) is 0 Å². The fraction of sp³-hybridized carbons (Fsp3) is 0.400. The van der Waals surface area contributed by atoms with Gasteiger partial charge in [-0.3, -0.25) is 5.10 Å². The normalized spacial score (nSPS) is 7.10. The quantitative estimate of drug-likeness (QED) is 0.572. The number of rotatable bonds is 0. The molecule has 1 aromatic rings. The van der Waals surface area contributed by atoms with Crippen molar-refractivity contribution in [3.05, 3.63) is 18.0 Å². The van der Waals surface area contributed by atoms with Gasteiger partial charge >= 0.3 is 21.1 Å². The molecule has 3 nitrogen and oxygen atoms in total. The Hall–Kier alpha value is 0.0483. The van der Waals surface area contributed by atoms with E-state index in [9.17, 15) is 0 Å². The number of aromatic nitrogens is 3. The standard InChI is InChI=1S/C3H4N3S.C2H5.W/c1-6-2-4-5-3(6)7;1-2;/h1H3,(H,5,7);1H2,2H3;/q2*-1;+2. The summed E-state index contributed by atoms with van der Waals surface area (Å²) in [5, 5.41) is 6.07. The SMILES string of the molecule is Cn1[c-]n[nH]c1=S.[CH2-]C.[W+2]. The summed E-state index contributed by atoms with van der Waals surface area (Å²) < 4.78 is 2.20. The van der Waals surface area contributed by atoms with Crippen molar-refractivity contribution in [3.63, 3.8) is 0 Å². The summed E-state index contributed by atoms with van der Waals surface area (Å²) in [5.74, 6) is 0. The van der Waals surface area contributed by atoms with Crippen molar-refractivity contribution in [2.24, 2.45) is 7.05 Å². The summed E-state index contributed by atoms with van der Waals surface area (Å²) in [6, 6.07) is 0. The second-order valence-electron chi connectivity index (χ2n) is 1.19. The van der Waals surface area contributed by atoms with Crippen molar-refractivity contribution >= 4 is 12.2 Å². The first-order chi connectivity index (χ1) is 4.30. The Morgan fingerprint density at radius 1 is 1.70 bits per heavy atom. The molecule has 0 atom stereocenters. The smallest absolute Gasteiger partial charge is 0.473 e. The van der Waals surface area contributed by atoms with E-state index in [4.69, 9.17) is 12.2 Å². The molecule has 0 unspecified atom stereocenters. The molecule has 5 heteroatoms. The molecule has 0 aromatic carbocycles. The Morgan fingerprint density at radius 2 is 2.20 bits per heavy atom. The molecule has 0 radical (unpaired) electrons. The van der Waals surface area contributed by atoms with Gasteiger partial charge in [-0.25, -0.2) is 0 Å². The number of hydrogen-bond donors (Lipinski definition) is 1. The predicted molar refractivity (Wildman–Crippen MR) is 38.3 cm³/mol. The van der Waals surface area contributed by atoms with E-state index in [1.165, 1.54) is 0 Å². The number of H-pyrrole nitrogens is 1. The van der Waals surface area contributed by atoms with E-state index in [1.54, 1.807) is 18.5 Å². The van der Waals surface area contributed by atoms with Crippen molar-refractivity contribution in [2.75, 3.05) is 0 Å². The summed E-state index contributed by atoms with van der Waals surface area (Å²) in [4.78, 5) is 0. The summed E-state index contributed by atoms with van der Waals surface area (Å²) in [7, 11) is 1.78. The van der Waals surface area contributed by atoms with Crippen molar-refractivity contribution in [3.8, 4) is 0 Å². The molecule has 56 valence electrons. The number of nitrogens with zero attached hydrogens (tertiary/aromatic N) is 2. The van der Waals surface area contributed by atoms with Crippen LogP contribution < -0.4 is 0 Å². The van der Waals surface area contributed by atoms with Crippen LogP contribution in [0, 0.1) is 18.0 Å². The first-order valence-corrected chi connectivity index (χ1v) is 2.91. The maximum Gasteiger partial charge on any atom is 2.00 e. The summed E-state index contributed by atoms with van der Waals surface area (Å²) in [6.07, 6.45) is 2.58. The third kappa shape index (κ3) is 3.96. The maximum atomic E-state index is 4.70. The van der Waals surface area contributed by atoms with Crippen LogP contribution >= 0.6 is 12.2 Å². The number of aryl methyl sites for hydroxylation is 1. The van der Waals surface area contributed by atoms with E-state index in [1.807, 2.05) is 0 Å². The first kappa shape index (κ1) is 12.7. The number of hydrogen-bond acceptors (Lipinski definition) is 2. The Bertz CT molecular complexity index is 205. The summed E-state index contributed by atoms with van der Waals surface area (Å²) in [5.41, 5.74) is 0. The molecule has 10 heavy (non-hydrogen) atoms. The third-order valence-electron chi connectivity index (χ3n) is 0.656. The molecule has 0 aliphatic carbocycles. The van der Waals surface area contributed by atoms with Crippen molar-refractivity contribution in [1.82, 2.24) is 14.8 Å². The van der Waals surface area contributed by atoms with Gasteiger partial charge in [0.2, 0.25) is 0 Å². The zero-order valence-corrected chi connectivity index (χ0v) is 9.67. The van der Waals surface area contributed by atoms with Crippen LogP contribution in [0.2, 0.25) is 0 Å². The zero-order valence-electron chi connectivity index (χ0n) is 5.92. The van der Waals surface area contributed by atoms with Gasteiger partial charge in [-0.05, 0) is 13.4 Å². The molecule has 0 bridgehead atoms. The van der Waals surface area contributed by atoms with Gasteiger partial charge in [0.05, 0.1) is 0 Å². The van der Waals surface area contributed by atoms with E-state index in [-0.39, 0.29) is 21.1 Å². The summed E-state index contributed by atoms with van der Waals surface area (Å²) >= 11 is 4.70. The van der Waals surface area contributed by atoms with Gasteiger partial charge in [0, 0.05) is 4.77 Å². The van der Waals surface area contributed by atoms with Crippen LogP contribution in [0.3, 0.4) is 0 Å². The van der Waals surface area contributed by atoms with E-state index in [0.717, 1.165) is 0 Å². The van der Waals surface area contributed by atoms with Crippen molar-refractivity contribution in [2.45, 2.75) is 6.92 Å². The number of nitrogens with one attached hydrogen (secondary N) is 1.